The number of aryl methyl sites for hydroxylation is 4. The second-order valence-corrected chi connectivity index (χ2v) is 20.1. The molecule has 0 spiro atoms. The first-order valence-corrected chi connectivity index (χ1v) is 26.2. The molecule has 8 nitrogen and oxygen atoms in total. The summed E-state index contributed by atoms with van der Waals surface area (Å²) in [7, 11) is -4.02. The predicted octanol–water partition coefficient (Wildman–Crippen LogP) is 13.1. The molecule has 0 aliphatic carbocycles. The zero-order valence-corrected chi connectivity index (χ0v) is 41.1. The van der Waals surface area contributed by atoms with Gasteiger partial charge in [0.25, 0.3) is 0 Å². The molecular weight excluding hydrogens is 816 g/mol. The van der Waals surface area contributed by atoms with E-state index >= 15 is 0 Å². The SMILES string of the molecule is CCCCCC(CCCOc1ccc(CNCCCP(=O)(O)OC(=O)CCNCc2ccc(OCCCC(CCCC)Cc3ccc(C)c(C)c3)cc2)cc1)Cc1ccc(C)c(C)c1. The minimum absolute atomic E-state index is 0.0137. The minimum Gasteiger partial charge on any atom is -0.494 e. The Labute approximate surface area is 387 Å². The molecule has 9 heteroatoms. The van der Waals surface area contributed by atoms with Crippen molar-refractivity contribution in [1.82, 2.24) is 10.6 Å². The highest BCUT2D eigenvalue weighted by Gasteiger charge is 2.23. The van der Waals surface area contributed by atoms with Gasteiger partial charge in [0.15, 0.2) is 0 Å². The molecule has 0 aromatic heterocycles. The standard InChI is InChI=1S/C55H81N2O6P/c1-7-9-11-16-48(40-52-22-20-44(4)46(6)38-52)18-13-35-62-53-27-23-49(24-28-53)41-56-32-14-36-64(59,60)63-55(58)31-33-57-42-50-25-29-54(30-26-50)61-34-12-17-47(15-10-8-2)39-51-21-19-43(3)45(5)37-51/h19-30,37-38,47-48,56-57H,7-18,31-36,39-42H2,1-6H3,(H,59,60). The Hall–Kier alpha value is -3.94. The summed E-state index contributed by atoms with van der Waals surface area (Å²) >= 11 is 0. The van der Waals surface area contributed by atoms with E-state index in [9.17, 15) is 14.3 Å². The zero-order chi connectivity index (χ0) is 46.0. The molecule has 3 unspecified atom stereocenters. The number of rotatable bonds is 33. The van der Waals surface area contributed by atoms with Gasteiger partial charge < -0.3 is 29.5 Å². The second kappa shape index (κ2) is 29.6. The number of unbranched alkanes of at least 4 members (excludes halogenated alkanes) is 3. The largest absolute Gasteiger partial charge is 0.494 e. The van der Waals surface area contributed by atoms with Crippen LogP contribution in [0.15, 0.2) is 84.9 Å². The number of hydrogen-bond acceptors (Lipinski definition) is 7. The summed E-state index contributed by atoms with van der Waals surface area (Å²) in [4.78, 5) is 22.7. The Kier molecular flexibility index (Phi) is 24.3. The summed E-state index contributed by atoms with van der Waals surface area (Å²) in [5.41, 5.74) is 10.5. The molecule has 3 N–H and O–H groups in total. The van der Waals surface area contributed by atoms with Gasteiger partial charge in [-0.1, -0.05) is 119 Å². The molecule has 0 amide bonds. The summed E-state index contributed by atoms with van der Waals surface area (Å²) in [6.07, 6.45) is 15.8. The minimum atomic E-state index is -4.02. The molecule has 4 aromatic rings. The molecule has 0 saturated heterocycles. The number of carbonyl (C=O) groups excluding carboxylic acids is 1. The molecule has 64 heavy (non-hydrogen) atoms. The maximum atomic E-state index is 12.6. The average Bonchev–Trinajstić information content (AvgIpc) is 3.27. The molecule has 4 aromatic carbocycles. The lowest BCUT2D eigenvalue weighted by Gasteiger charge is -2.18. The molecule has 0 fully saturated rings. The lowest BCUT2D eigenvalue weighted by atomic mass is 9.89. The molecule has 0 aliphatic rings. The quantitative estimate of drug-likeness (QED) is 0.0321. The Balaban J connectivity index is 1.02. The van der Waals surface area contributed by atoms with Crippen LogP contribution in [0.5, 0.6) is 11.5 Å². The zero-order valence-electron chi connectivity index (χ0n) is 40.2. The van der Waals surface area contributed by atoms with Crippen LogP contribution in [0.3, 0.4) is 0 Å². The fourth-order valence-corrected chi connectivity index (χ4v) is 9.30. The van der Waals surface area contributed by atoms with E-state index in [4.69, 9.17) is 14.0 Å². The van der Waals surface area contributed by atoms with E-state index in [0.717, 1.165) is 54.7 Å². The molecule has 0 heterocycles. The number of ether oxygens (including phenoxy) is 2. The van der Waals surface area contributed by atoms with Crippen molar-refractivity contribution >= 4 is 13.6 Å². The van der Waals surface area contributed by atoms with Crippen molar-refractivity contribution in [2.45, 2.75) is 151 Å². The van der Waals surface area contributed by atoms with E-state index in [1.165, 1.54) is 84.7 Å². The summed E-state index contributed by atoms with van der Waals surface area (Å²) in [6.45, 7) is 16.7. The van der Waals surface area contributed by atoms with Crippen molar-refractivity contribution in [3.05, 3.63) is 129 Å². The predicted molar refractivity (Wildman–Crippen MR) is 266 cm³/mol. The molecule has 0 radical (unpaired) electrons. The first-order chi connectivity index (χ1) is 30.9. The number of carbonyl (C=O) groups is 1. The molecule has 0 bridgehead atoms. The van der Waals surface area contributed by atoms with Crippen LogP contribution in [0.4, 0.5) is 0 Å². The highest BCUT2D eigenvalue weighted by molar-refractivity contribution is 7.53. The Morgan fingerprint density at radius 3 is 1.50 bits per heavy atom. The lowest BCUT2D eigenvalue weighted by molar-refractivity contribution is -0.134. The highest BCUT2D eigenvalue weighted by atomic mass is 31.2. The Bertz CT molecular complexity index is 1970. The molecule has 0 aliphatic heterocycles. The molecule has 3 atom stereocenters. The van der Waals surface area contributed by atoms with Crippen molar-refractivity contribution in [1.29, 1.82) is 0 Å². The van der Waals surface area contributed by atoms with Gasteiger partial charge in [-0.3, -0.25) is 4.79 Å². The van der Waals surface area contributed by atoms with Crippen LogP contribution in [0.2, 0.25) is 0 Å². The molecular formula is C55H81N2O6P. The summed E-state index contributed by atoms with van der Waals surface area (Å²) in [5.74, 6) is 2.40. The first-order valence-electron chi connectivity index (χ1n) is 24.4. The smallest absolute Gasteiger partial charge is 0.378 e. The van der Waals surface area contributed by atoms with E-state index < -0.39 is 13.6 Å². The van der Waals surface area contributed by atoms with Gasteiger partial charge in [0.2, 0.25) is 0 Å². The van der Waals surface area contributed by atoms with Crippen LogP contribution in [-0.2, 0) is 39.8 Å². The van der Waals surface area contributed by atoms with Crippen molar-refractivity contribution in [3.8, 4) is 11.5 Å². The van der Waals surface area contributed by atoms with E-state index in [0.29, 0.717) is 57.6 Å². The van der Waals surface area contributed by atoms with Gasteiger partial charge in [-0.25, -0.2) is 4.57 Å². The van der Waals surface area contributed by atoms with Crippen LogP contribution in [0, 0.1) is 39.5 Å². The monoisotopic (exact) mass is 897 g/mol. The molecule has 0 saturated carbocycles. The molecule has 4 rings (SSSR count). The van der Waals surface area contributed by atoms with Crippen molar-refractivity contribution in [2.75, 3.05) is 32.5 Å². The lowest BCUT2D eigenvalue weighted by Crippen LogP contribution is -2.19. The van der Waals surface area contributed by atoms with Crippen LogP contribution in [0.25, 0.3) is 0 Å². The van der Waals surface area contributed by atoms with Crippen molar-refractivity contribution < 1.29 is 28.3 Å². The summed E-state index contributed by atoms with van der Waals surface area (Å²) in [6, 6.07) is 29.9. The van der Waals surface area contributed by atoms with Crippen LogP contribution < -0.4 is 20.1 Å². The second-order valence-electron chi connectivity index (χ2n) is 18.2. The van der Waals surface area contributed by atoms with Gasteiger partial charge in [-0.05, 0) is 160 Å². The summed E-state index contributed by atoms with van der Waals surface area (Å²) < 4.78 is 29.8. The van der Waals surface area contributed by atoms with Crippen LogP contribution >= 0.6 is 7.60 Å². The topological polar surface area (TPSA) is 106 Å². The first kappa shape index (κ1) is 52.7. The molecule has 352 valence electrons. The van der Waals surface area contributed by atoms with Gasteiger partial charge in [-0.2, -0.15) is 0 Å². The van der Waals surface area contributed by atoms with Gasteiger partial charge in [0.05, 0.1) is 25.8 Å². The third-order valence-electron chi connectivity index (χ3n) is 12.5. The fourth-order valence-electron chi connectivity index (χ4n) is 8.24. The Morgan fingerprint density at radius 2 is 1.02 bits per heavy atom. The van der Waals surface area contributed by atoms with Crippen LogP contribution in [-0.4, -0.2) is 43.3 Å². The normalized spacial score (nSPS) is 13.3. The van der Waals surface area contributed by atoms with Crippen LogP contribution in [0.1, 0.15) is 142 Å². The van der Waals surface area contributed by atoms with Crippen molar-refractivity contribution in [2.24, 2.45) is 11.8 Å². The Morgan fingerprint density at radius 1 is 0.562 bits per heavy atom. The summed E-state index contributed by atoms with van der Waals surface area (Å²) in [5, 5.41) is 6.55. The van der Waals surface area contributed by atoms with E-state index in [1.807, 2.05) is 48.5 Å². The van der Waals surface area contributed by atoms with E-state index in [-0.39, 0.29) is 12.6 Å². The van der Waals surface area contributed by atoms with Gasteiger partial charge in [0.1, 0.15) is 11.5 Å². The third-order valence-corrected chi connectivity index (χ3v) is 13.8. The number of benzene rings is 4. The van der Waals surface area contributed by atoms with Gasteiger partial charge in [0, 0.05) is 19.6 Å². The third kappa shape index (κ3) is 21.4. The maximum Gasteiger partial charge on any atom is 0.378 e. The highest BCUT2D eigenvalue weighted by Crippen LogP contribution is 2.42. The van der Waals surface area contributed by atoms with Gasteiger partial charge >= 0.3 is 13.6 Å². The average molecular weight is 897 g/mol. The van der Waals surface area contributed by atoms with Crippen molar-refractivity contribution in [3.63, 3.8) is 0 Å². The van der Waals surface area contributed by atoms with E-state index in [1.54, 1.807) is 0 Å². The van der Waals surface area contributed by atoms with E-state index in [2.05, 4.69) is 88.6 Å². The van der Waals surface area contributed by atoms with Gasteiger partial charge in [-0.15, -0.1) is 0 Å². The number of nitrogens with one attached hydrogen (secondary N) is 2. The number of hydrogen-bond donors (Lipinski definition) is 3. The maximum absolute atomic E-state index is 12.6. The fraction of sp³-hybridized carbons (Fsp3) is 0.545.